The summed E-state index contributed by atoms with van der Waals surface area (Å²) >= 11 is 12.1. The molecule has 8 heteroatoms. The third kappa shape index (κ3) is 5.94. The molecule has 1 amide bonds. The second-order valence-electron chi connectivity index (χ2n) is 6.21. The van der Waals surface area contributed by atoms with Crippen LogP contribution in [-0.4, -0.2) is 31.2 Å². The molecule has 0 saturated carbocycles. The van der Waals surface area contributed by atoms with Gasteiger partial charge in [-0.1, -0.05) is 60.5 Å². The molecule has 2 aromatic carbocycles. The Morgan fingerprint density at radius 3 is 2.44 bits per heavy atom. The number of carbonyl (C=O) groups is 1. The Bertz CT molecular complexity index is 889. The van der Waals surface area contributed by atoms with E-state index >= 15 is 0 Å². The van der Waals surface area contributed by atoms with Gasteiger partial charge in [0.1, 0.15) is 4.90 Å². The van der Waals surface area contributed by atoms with E-state index < -0.39 is 10.0 Å². The largest absolute Gasteiger partial charge is 0.353 e. The van der Waals surface area contributed by atoms with Crippen molar-refractivity contribution in [3.63, 3.8) is 0 Å². The normalized spacial score (nSPS) is 12.8. The summed E-state index contributed by atoms with van der Waals surface area (Å²) in [5.74, 6) is -0.373. The van der Waals surface area contributed by atoms with Crippen LogP contribution in [0.3, 0.4) is 0 Å². The molecule has 0 saturated heterocycles. The van der Waals surface area contributed by atoms with Crippen molar-refractivity contribution in [2.45, 2.75) is 37.8 Å². The van der Waals surface area contributed by atoms with Crippen molar-refractivity contribution in [3.05, 3.63) is 64.1 Å². The first-order valence-corrected chi connectivity index (χ1v) is 10.7. The number of nitrogens with zero attached hydrogens (tertiary/aromatic N) is 1. The monoisotopic (exact) mass is 428 g/mol. The summed E-state index contributed by atoms with van der Waals surface area (Å²) in [5, 5.41) is 3.10. The fraction of sp³-hybridized carbons (Fsp3) is 0.316. The van der Waals surface area contributed by atoms with E-state index in [4.69, 9.17) is 23.2 Å². The van der Waals surface area contributed by atoms with Gasteiger partial charge in [-0.25, -0.2) is 8.42 Å². The zero-order chi connectivity index (χ0) is 20.0. The number of rotatable bonds is 8. The number of nitrogens with one attached hydrogen (secondary N) is 1. The molecule has 0 fully saturated rings. The van der Waals surface area contributed by atoms with Crippen LogP contribution in [0.5, 0.6) is 0 Å². The molecule has 5 nitrogen and oxygen atoms in total. The van der Waals surface area contributed by atoms with Gasteiger partial charge in [-0.15, -0.1) is 0 Å². The number of amides is 1. The van der Waals surface area contributed by atoms with Crippen molar-refractivity contribution in [1.82, 2.24) is 9.62 Å². The molecule has 0 heterocycles. The Hall–Kier alpha value is -1.60. The van der Waals surface area contributed by atoms with Crippen LogP contribution in [0, 0.1) is 0 Å². The smallest absolute Gasteiger partial charge is 0.245 e. The van der Waals surface area contributed by atoms with Crippen molar-refractivity contribution in [2.24, 2.45) is 0 Å². The number of sulfonamides is 1. The van der Waals surface area contributed by atoms with Gasteiger partial charge in [0.05, 0.1) is 11.6 Å². The second-order valence-corrected chi connectivity index (χ2v) is 8.96. The number of halogens is 2. The van der Waals surface area contributed by atoms with Gasteiger partial charge in [0.25, 0.3) is 0 Å². The molecule has 2 rings (SSSR count). The van der Waals surface area contributed by atoms with Crippen molar-refractivity contribution < 1.29 is 13.2 Å². The van der Waals surface area contributed by atoms with Crippen molar-refractivity contribution >= 4 is 39.1 Å². The Balaban J connectivity index is 2.38. The summed E-state index contributed by atoms with van der Waals surface area (Å²) in [5.41, 5.74) is 0.760. The van der Waals surface area contributed by atoms with Crippen LogP contribution in [0.1, 0.15) is 25.8 Å². The van der Waals surface area contributed by atoms with Crippen LogP contribution < -0.4 is 5.32 Å². The Labute approximate surface area is 170 Å². The fourth-order valence-electron chi connectivity index (χ4n) is 2.41. The van der Waals surface area contributed by atoms with E-state index in [1.54, 1.807) is 12.1 Å². The molecular weight excluding hydrogens is 407 g/mol. The molecule has 146 valence electrons. The SMILES string of the molecule is CCC(C)NC(=O)CN(Cc1ccccc1)S(=O)(=O)c1cc(Cl)ccc1Cl. The quantitative estimate of drug-likeness (QED) is 0.687. The lowest BCUT2D eigenvalue weighted by Crippen LogP contribution is -2.43. The van der Waals surface area contributed by atoms with Gasteiger partial charge >= 0.3 is 0 Å². The van der Waals surface area contributed by atoms with E-state index in [1.807, 2.05) is 32.0 Å². The first kappa shape index (κ1) is 21.7. The van der Waals surface area contributed by atoms with Gasteiger partial charge in [0.2, 0.25) is 15.9 Å². The van der Waals surface area contributed by atoms with Crippen molar-refractivity contribution in [1.29, 1.82) is 0 Å². The standard InChI is InChI=1S/C19H22Cl2N2O3S/c1-3-14(2)22-19(24)13-23(12-15-7-5-4-6-8-15)27(25,26)18-11-16(20)9-10-17(18)21/h4-11,14H,3,12-13H2,1-2H3,(H,22,24). The molecule has 0 aliphatic carbocycles. The molecule has 0 radical (unpaired) electrons. The zero-order valence-electron chi connectivity index (χ0n) is 15.2. The average molecular weight is 429 g/mol. The molecule has 0 aromatic heterocycles. The van der Waals surface area contributed by atoms with Crippen LogP contribution in [-0.2, 0) is 21.4 Å². The van der Waals surface area contributed by atoms with E-state index in [-0.39, 0.29) is 40.0 Å². The number of carbonyl (C=O) groups excluding carboxylic acids is 1. The summed E-state index contributed by atoms with van der Waals surface area (Å²) < 4.78 is 27.5. The second kappa shape index (κ2) is 9.55. The predicted molar refractivity (Wildman–Crippen MR) is 108 cm³/mol. The lowest BCUT2D eigenvalue weighted by molar-refractivity contribution is -0.122. The number of hydrogen-bond donors (Lipinski definition) is 1. The van der Waals surface area contributed by atoms with Gasteiger partial charge in [-0.2, -0.15) is 4.31 Å². The van der Waals surface area contributed by atoms with Gasteiger partial charge < -0.3 is 5.32 Å². The maximum Gasteiger partial charge on any atom is 0.245 e. The molecule has 0 aliphatic rings. The molecule has 0 bridgehead atoms. The van der Waals surface area contributed by atoms with Gasteiger partial charge in [0, 0.05) is 17.6 Å². The fourth-order valence-corrected chi connectivity index (χ4v) is 4.53. The van der Waals surface area contributed by atoms with Crippen LogP contribution in [0.4, 0.5) is 0 Å². The highest BCUT2D eigenvalue weighted by Crippen LogP contribution is 2.28. The Morgan fingerprint density at radius 2 is 1.81 bits per heavy atom. The number of hydrogen-bond acceptors (Lipinski definition) is 3. The number of benzene rings is 2. The Morgan fingerprint density at radius 1 is 1.15 bits per heavy atom. The molecule has 27 heavy (non-hydrogen) atoms. The lowest BCUT2D eigenvalue weighted by atomic mass is 10.2. The first-order chi connectivity index (χ1) is 12.7. The molecule has 1 atom stereocenters. The maximum atomic E-state index is 13.2. The predicted octanol–water partition coefficient (Wildman–Crippen LogP) is 4.10. The van der Waals surface area contributed by atoms with E-state index in [1.165, 1.54) is 18.2 Å². The highest BCUT2D eigenvalue weighted by Gasteiger charge is 2.29. The van der Waals surface area contributed by atoms with E-state index in [0.717, 1.165) is 16.3 Å². The highest BCUT2D eigenvalue weighted by atomic mass is 35.5. The minimum absolute atomic E-state index is 0.0416. The van der Waals surface area contributed by atoms with Gasteiger partial charge in [-0.3, -0.25) is 4.79 Å². The molecule has 1 N–H and O–H groups in total. The molecule has 1 unspecified atom stereocenters. The summed E-state index contributed by atoms with van der Waals surface area (Å²) in [6.45, 7) is 3.53. The third-order valence-corrected chi connectivity index (χ3v) is 6.56. The van der Waals surface area contributed by atoms with Crippen LogP contribution in [0.15, 0.2) is 53.4 Å². The zero-order valence-corrected chi connectivity index (χ0v) is 17.5. The molecule has 0 aliphatic heterocycles. The molecule has 0 spiro atoms. The van der Waals surface area contributed by atoms with Crippen LogP contribution in [0.2, 0.25) is 10.0 Å². The molecular formula is C19H22Cl2N2O3S. The summed E-state index contributed by atoms with van der Waals surface area (Å²) in [4.78, 5) is 12.2. The first-order valence-electron chi connectivity index (χ1n) is 8.52. The van der Waals surface area contributed by atoms with E-state index in [2.05, 4.69) is 5.32 Å². The summed E-state index contributed by atoms with van der Waals surface area (Å²) in [7, 11) is -4.03. The Kier molecular flexibility index (Phi) is 7.68. The average Bonchev–Trinajstić information content (AvgIpc) is 2.63. The van der Waals surface area contributed by atoms with Crippen molar-refractivity contribution in [2.75, 3.05) is 6.54 Å². The summed E-state index contributed by atoms with van der Waals surface area (Å²) in [6.07, 6.45) is 0.747. The third-order valence-electron chi connectivity index (χ3n) is 4.05. The van der Waals surface area contributed by atoms with Gasteiger partial charge in [0.15, 0.2) is 0 Å². The minimum Gasteiger partial charge on any atom is -0.353 e. The van der Waals surface area contributed by atoms with Crippen molar-refractivity contribution in [3.8, 4) is 0 Å². The summed E-state index contributed by atoms with van der Waals surface area (Å²) in [6, 6.07) is 13.3. The van der Waals surface area contributed by atoms with Crippen LogP contribution >= 0.6 is 23.2 Å². The maximum absolute atomic E-state index is 13.2. The van der Waals surface area contributed by atoms with Crippen LogP contribution in [0.25, 0.3) is 0 Å². The molecule has 2 aromatic rings. The van der Waals surface area contributed by atoms with E-state index in [9.17, 15) is 13.2 Å². The van der Waals surface area contributed by atoms with E-state index in [0.29, 0.717) is 0 Å². The lowest BCUT2D eigenvalue weighted by Gasteiger charge is -2.23. The minimum atomic E-state index is -4.03. The topological polar surface area (TPSA) is 66.5 Å². The highest BCUT2D eigenvalue weighted by molar-refractivity contribution is 7.89. The van der Waals surface area contributed by atoms with Gasteiger partial charge in [-0.05, 0) is 37.1 Å².